The van der Waals surface area contributed by atoms with Gasteiger partial charge in [-0.3, -0.25) is 4.79 Å². The second kappa shape index (κ2) is 6.67. The van der Waals surface area contributed by atoms with E-state index < -0.39 is 30.4 Å². The lowest BCUT2D eigenvalue weighted by molar-refractivity contribution is -0.140. The van der Waals surface area contributed by atoms with Crippen LogP contribution in [0.2, 0.25) is 0 Å². The lowest BCUT2D eigenvalue weighted by atomic mass is 10.2. The van der Waals surface area contributed by atoms with Gasteiger partial charge in [0, 0.05) is 5.03 Å². The van der Waals surface area contributed by atoms with E-state index in [4.69, 9.17) is 22.4 Å². The largest absolute Gasteiger partial charge is 0.480 e. The number of nitrogens with one attached hydrogen (secondary N) is 2. The average Bonchev–Trinajstić information content (AvgIpc) is 2.12. The van der Waals surface area contributed by atoms with Crippen LogP contribution in [0, 0.1) is 0 Å². The van der Waals surface area contributed by atoms with Crippen LogP contribution < -0.4 is 16.4 Å². The van der Waals surface area contributed by atoms with E-state index in [0.717, 1.165) is 0 Å². The smallest absolute Gasteiger partial charge is 0.326 e. The van der Waals surface area contributed by atoms with Crippen LogP contribution in [0.15, 0.2) is 11.6 Å². The molecule has 3 amide bonds. The van der Waals surface area contributed by atoms with Crippen molar-refractivity contribution in [2.45, 2.75) is 12.5 Å². The number of carbonyl (C=O) groups excluding carboxylic acids is 2. The average molecular weight is 250 g/mol. The molecule has 0 heterocycles. The summed E-state index contributed by atoms with van der Waals surface area (Å²) < 4.78 is 0. The molecule has 0 rings (SSSR count). The van der Waals surface area contributed by atoms with Crippen LogP contribution in [0.25, 0.3) is 0 Å². The highest BCUT2D eigenvalue weighted by Crippen LogP contribution is 1.94. The Hall–Kier alpha value is -1.76. The van der Waals surface area contributed by atoms with Crippen LogP contribution in [0.4, 0.5) is 4.79 Å². The molecule has 0 aliphatic carbocycles. The summed E-state index contributed by atoms with van der Waals surface area (Å²) in [5, 5.41) is 13.1. The third-order valence-corrected chi connectivity index (χ3v) is 1.58. The van der Waals surface area contributed by atoms with Crippen molar-refractivity contribution in [2.75, 3.05) is 6.54 Å². The van der Waals surface area contributed by atoms with Crippen LogP contribution in [0.5, 0.6) is 0 Å². The Morgan fingerprint density at radius 1 is 1.44 bits per heavy atom. The molecule has 0 aromatic heterocycles. The summed E-state index contributed by atoms with van der Waals surface area (Å²) in [5.41, 5.74) is 4.82. The minimum absolute atomic E-state index is 0.00367. The van der Waals surface area contributed by atoms with E-state index in [1.54, 1.807) is 0 Å². The molecule has 0 fully saturated rings. The van der Waals surface area contributed by atoms with E-state index >= 15 is 0 Å². The first-order chi connectivity index (χ1) is 7.32. The molecular formula is C8H12ClN3O4. The Morgan fingerprint density at radius 3 is 2.38 bits per heavy atom. The number of carboxylic acid groups (broad SMARTS) is 1. The molecule has 16 heavy (non-hydrogen) atoms. The second-order valence-corrected chi connectivity index (χ2v) is 3.44. The number of rotatable bonds is 6. The molecule has 7 nitrogen and oxygen atoms in total. The van der Waals surface area contributed by atoms with Gasteiger partial charge in [-0.25, -0.2) is 9.59 Å². The maximum absolute atomic E-state index is 11.1. The number of nitrogens with two attached hydrogens (primary N) is 1. The Kier molecular flexibility index (Phi) is 5.94. The third kappa shape index (κ3) is 6.66. The first kappa shape index (κ1) is 14.2. The van der Waals surface area contributed by atoms with Gasteiger partial charge in [-0.05, 0) is 0 Å². The van der Waals surface area contributed by atoms with Crippen molar-refractivity contribution in [1.82, 2.24) is 10.6 Å². The van der Waals surface area contributed by atoms with Crippen LogP contribution in [0.1, 0.15) is 6.42 Å². The number of primary amides is 1. The van der Waals surface area contributed by atoms with Gasteiger partial charge in [0.15, 0.2) is 0 Å². The van der Waals surface area contributed by atoms with Gasteiger partial charge >= 0.3 is 12.0 Å². The number of amides is 3. The highest BCUT2D eigenvalue weighted by atomic mass is 35.5. The zero-order valence-electron chi connectivity index (χ0n) is 8.33. The van der Waals surface area contributed by atoms with Crippen molar-refractivity contribution in [1.29, 1.82) is 0 Å². The van der Waals surface area contributed by atoms with Crippen LogP contribution in [-0.2, 0) is 9.59 Å². The van der Waals surface area contributed by atoms with E-state index in [0.29, 0.717) is 0 Å². The van der Waals surface area contributed by atoms with Gasteiger partial charge in [0.05, 0.1) is 13.0 Å². The molecule has 5 N–H and O–H groups in total. The molecule has 0 unspecified atom stereocenters. The van der Waals surface area contributed by atoms with Crippen molar-refractivity contribution in [3.63, 3.8) is 0 Å². The van der Waals surface area contributed by atoms with E-state index in [1.807, 2.05) is 0 Å². The lowest BCUT2D eigenvalue weighted by Gasteiger charge is -2.13. The molecule has 0 aliphatic rings. The van der Waals surface area contributed by atoms with Gasteiger partial charge < -0.3 is 21.5 Å². The van der Waals surface area contributed by atoms with Crippen LogP contribution >= 0.6 is 11.6 Å². The van der Waals surface area contributed by atoms with E-state index in [9.17, 15) is 14.4 Å². The number of halogens is 1. The third-order valence-electron chi connectivity index (χ3n) is 1.45. The number of hydrogen-bond acceptors (Lipinski definition) is 3. The van der Waals surface area contributed by atoms with Gasteiger partial charge in [-0.1, -0.05) is 18.2 Å². The summed E-state index contributed by atoms with van der Waals surface area (Å²) in [6.07, 6.45) is -0.482. The van der Waals surface area contributed by atoms with Gasteiger partial charge in [0.1, 0.15) is 6.04 Å². The number of carbonyl (C=O) groups is 3. The normalized spacial score (nSPS) is 11.3. The summed E-state index contributed by atoms with van der Waals surface area (Å²) in [6, 6.07) is -2.13. The molecule has 8 heteroatoms. The number of carboxylic acids is 1. The summed E-state index contributed by atoms with van der Waals surface area (Å²) in [4.78, 5) is 32.2. The minimum Gasteiger partial charge on any atom is -0.480 e. The van der Waals surface area contributed by atoms with Crippen molar-refractivity contribution in [3.05, 3.63) is 11.6 Å². The zero-order chi connectivity index (χ0) is 12.7. The summed E-state index contributed by atoms with van der Waals surface area (Å²) >= 11 is 5.38. The number of urea groups is 1. The fraction of sp³-hybridized carbons (Fsp3) is 0.375. The lowest BCUT2D eigenvalue weighted by Crippen LogP contribution is -2.47. The minimum atomic E-state index is -1.36. The molecule has 0 bridgehead atoms. The summed E-state index contributed by atoms with van der Waals surface area (Å²) in [6.45, 7) is 3.32. The molecular weight excluding hydrogens is 238 g/mol. The van der Waals surface area contributed by atoms with Crippen molar-refractivity contribution >= 4 is 29.5 Å². The fourth-order valence-corrected chi connectivity index (χ4v) is 0.854. The summed E-state index contributed by atoms with van der Waals surface area (Å²) in [5.74, 6) is -2.17. The predicted molar refractivity (Wildman–Crippen MR) is 56.8 cm³/mol. The maximum atomic E-state index is 11.1. The molecule has 1 atom stereocenters. The van der Waals surface area contributed by atoms with Crippen molar-refractivity contribution in [2.24, 2.45) is 5.73 Å². The van der Waals surface area contributed by atoms with Crippen molar-refractivity contribution in [3.8, 4) is 0 Å². The number of hydrogen-bond donors (Lipinski definition) is 4. The quantitative estimate of drug-likeness (QED) is 0.500. The second-order valence-electron chi connectivity index (χ2n) is 2.91. The molecule has 0 aliphatic heterocycles. The van der Waals surface area contributed by atoms with Crippen LogP contribution in [-0.4, -0.2) is 35.6 Å². The Bertz CT molecular complexity index is 318. The highest BCUT2D eigenvalue weighted by molar-refractivity contribution is 6.29. The van der Waals surface area contributed by atoms with Gasteiger partial charge in [0.2, 0.25) is 5.91 Å². The SMILES string of the molecule is C=C(Cl)CNC(=O)N[C@@H](CC(N)=O)C(=O)O. The summed E-state index contributed by atoms with van der Waals surface area (Å²) in [7, 11) is 0. The Balaban J connectivity index is 4.18. The molecule has 0 saturated heterocycles. The molecule has 0 saturated carbocycles. The molecule has 0 radical (unpaired) electrons. The highest BCUT2D eigenvalue weighted by Gasteiger charge is 2.21. The van der Waals surface area contributed by atoms with Gasteiger partial charge in [-0.2, -0.15) is 0 Å². The van der Waals surface area contributed by atoms with E-state index in [1.165, 1.54) is 0 Å². The van der Waals surface area contributed by atoms with E-state index in [-0.39, 0.29) is 11.6 Å². The molecule has 0 aromatic rings. The standard InChI is InChI=1S/C8H12ClN3O4/c1-4(9)3-11-8(16)12-5(7(14)15)2-6(10)13/h5H,1-3H2,(H2,10,13)(H,14,15)(H2,11,12,16)/t5-/m0/s1. The zero-order valence-corrected chi connectivity index (χ0v) is 9.08. The fourth-order valence-electron chi connectivity index (χ4n) is 0.787. The van der Waals surface area contributed by atoms with Gasteiger partial charge in [-0.15, -0.1) is 0 Å². The Labute approximate surface area is 96.6 Å². The maximum Gasteiger partial charge on any atom is 0.326 e. The molecule has 0 spiro atoms. The predicted octanol–water partition coefficient (Wildman–Crippen LogP) is -0.633. The monoisotopic (exact) mass is 249 g/mol. The topological polar surface area (TPSA) is 122 Å². The Morgan fingerprint density at radius 2 is 2.00 bits per heavy atom. The first-order valence-corrected chi connectivity index (χ1v) is 4.59. The van der Waals surface area contributed by atoms with Crippen LogP contribution in [0.3, 0.4) is 0 Å². The van der Waals surface area contributed by atoms with E-state index in [2.05, 4.69) is 17.2 Å². The number of aliphatic carboxylic acids is 1. The molecule has 90 valence electrons. The first-order valence-electron chi connectivity index (χ1n) is 4.21. The van der Waals surface area contributed by atoms with Gasteiger partial charge in [0.25, 0.3) is 0 Å². The molecule has 0 aromatic carbocycles. The van der Waals surface area contributed by atoms with Crippen molar-refractivity contribution < 1.29 is 19.5 Å².